The van der Waals surface area contributed by atoms with Crippen LogP contribution in [0.25, 0.3) is 11.3 Å². The maximum absolute atomic E-state index is 5.21. The van der Waals surface area contributed by atoms with Crippen molar-refractivity contribution in [3.8, 4) is 5.75 Å². The molecular formula is C29H41N5O. The van der Waals surface area contributed by atoms with Crippen LogP contribution < -0.4 is 15.4 Å². The monoisotopic (exact) mass is 475 g/mol. The number of aliphatic imine (C=N–C) groups is 2. The van der Waals surface area contributed by atoms with Gasteiger partial charge in [0.25, 0.3) is 0 Å². The molecule has 0 saturated carbocycles. The highest BCUT2D eigenvalue weighted by molar-refractivity contribution is 6.04. The average molecular weight is 476 g/mol. The minimum Gasteiger partial charge on any atom is -0.497 e. The second kappa shape index (κ2) is 13.3. The van der Waals surface area contributed by atoms with Gasteiger partial charge in [0.05, 0.1) is 7.11 Å². The summed E-state index contributed by atoms with van der Waals surface area (Å²) in [6, 6.07) is 16.6. The molecule has 6 heteroatoms. The first-order valence-electron chi connectivity index (χ1n) is 11.9. The first kappa shape index (κ1) is 26.0. The van der Waals surface area contributed by atoms with Gasteiger partial charge in [0.15, 0.2) is 0 Å². The number of amidine groups is 1. The van der Waals surface area contributed by atoms with E-state index in [-0.39, 0.29) is 2.85 Å². The third-order valence-corrected chi connectivity index (χ3v) is 5.85. The zero-order valence-electron chi connectivity index (χ0n) is 21.3. The van der Waals surface area contributed by atoms with Gasteiger partial charge in [0, 0.05) is 47.1 Å². The number of allylic oxidation sites excluding steroid dienone is 2. The van der Waals surface area contributed by atoms with E-state index >= 15 is 0 Å². The van der Waals surface area contributed by atoms with Crippen molar-refractivity contribution in [3.05, 3.63) is 90.2 Å². The Balaban J connectivity index is 0.00000342. The Morgan fingerprint density at radius 1 is 1.11 bits per heavy atom. The van der Waals surface area contributed by atoms with Crippen molar-refractivity contribution in [2.75, 3.05) is 41.3 Å². The van der Waals surface area contributed by atoms with E-state index in [2.05, 4.69) is 70.5 Å². The molecule has 1 aliphatic heterocycles. The SMILES string of the molecule is C=C(NCCN(C)C)c1ccc(C2=CN=C(/C=C\C(=NC)NCc3ccc(OC)cc3)CC2)cc1.[HH].[HH]. The van der Waals surface area contributed by atoms with Gasteiger partial charge in [0.1, 0.15) is 11.6 Å². The van der Waals surface area contributed by atoms with Gasteiger partial charge < -0.3 is 20.3 Å². The molecule has 0 radical (unpaired) electrons. The lowest BCUT2D eigenvalue weighted by molar-refractivity contribution is 0.411. The van der Waals surface area contributed by atoms with E-state index in [0.717, 1.165) is 54.5 Å². The Morgan fingerprint density at radius 2 is 1.86 bits per heavy atom. The summed E-state index contributed by atoms with van der Waals surface area (Å²) in [7, 11) is 7.60. The van der Waals surface area contributed by atoms with E-state index in [9.17, 15) is 0 Å². The molecule has 3 rings (SSSR count). The third-order valence-electron chi connectivity index (χ3n) is 5.85. The predicted octanol–water partition coefficient (Wildman–Crippen LogP) is 5.26. The second-order valence-corrected chi connectivity index (χ2v) is 8.70. The van der Waals surface area contributed by atoms with Gasteiger partial charge in [-0.15, -0.1) is 0 Å². The van der Waals surface area contributed by atoms with E-state index in [1.165, 1.54) is 16.7 Å². The standard InChI is InChI=1S/C29H37N5O.2H2/c1-22(31-18-19-34(3)4)24-8-10-25(11-9-24)26-12-13-27(32-21-26)14-17-29(30-2)33-20-23-6-15-28(35-5)16-7-23;;/h6-11,14-17,21,31H,1,12-13,18-20H2,2-5H3,(H,30,33);2*1H/b17-14-;;. The molecule has 0 bridgehead atoms. The third kappa shape index (κ3) is 8.26. The van der Waals surface area contributed by atoms with Gasteiger partial charge >= 0.3 is 0 Å². The number of nitrogens with one attached hydrogen (secondary N) is 2. The predicted molar refractivity (Wildman–Crippen MR) is 153 cm³/mol. The summed E-state index contributed by atoms with van der Waals surface area (Å²) < 4.78 is 5.21. The number of ether oxygens (including phenoxy) is 1. The maximum atomic E-state index is 5.21. The van der Waals surface area contributed by atoms with Crippen molar-refractivity contribution in [2.45, 2.75) is 19.4 Å². The van der Waals surface area contributed by atoms with Crippen LogP contribution in [0.4, 0.5) is 0 Å². The van der Waals surface area contributed by atoms with Gasteiger partial charge in [0.2, 0.25) is 0 Å². The summed E-state index contributed by atoms with van der Waals surface area (Å²) in [4.78, 5) is 11.2. The van der Waals surface area contributed by atoms with Crippen LogP contribution in [0.5, 0.6) is 5.75 Å². The molecule has 35 heavy (non-hydrogen) atoms. The molecule has 0 atom stereocenters. The maximum Gasteiger partial charge on any atom is 0.120 e. The van der Waals surface area contributed by atoms with Crippen LogP contribution in [-0.4, -0.2) is 57.8 Å². The molecule has 188 valence electrons. The molecule has 0 fully saturated rings. The van der Waals surface area contributed by atoms with E-state index in [1.54, 1.807) is 14.2 Å². The fourth-order valence-corrected chi connectivity index (χ4v) is 3.64. The zero-order chi connectivity index (χ0) is 25.0. The quantitative estimate of drug-likeness (QED) is 0.344. The molecule has 1 aliphatic rings. The Kier molecular flexibility index (Phi) is 9.87. The molecule has 2 N–H and O–H groups in total. The van der Waals surface area contributed by atoms with Crippen LogP contribution in [0.3, 0.4) is 0 Å². The number of methoxy groups -OCH3 is 1. The zero-order valence-corrected chi connectivity index (χ0v) is 21.3. The van der Waals surface area contributed by atoms with Crippen LogP contribution in [0.2, 0.25) is 0 Å². The van der Waals surface area contributed by atoms with Crippen LogP contribution in [0.1, 0.15) is 32.4 Å². The molecule has 0 aliphatic carbocycles. The lowest BCUT2D eigenvalue weighted by Gasteiger charge is -2.15. The molecule has 0 unspecified atom stereocenters. The molecule has 0 aromatic heterocycles. The smallest absolute Gasteiger partial charge is 0.120 e. The number of rotatable bonds is 11. The van der Waals surface area contributed by atoms with Crippen LogP contribution >= 0.6 is 0 Å². The molecule has 1 heterocycles. The summed E-state index contributed by atoms with van der Waals surface area (Å²) in [5.74, 6) is 1.68. The number of hydrogen-bond donors (Lipinski definition) is 2. The molecule has 6 nitrogen and oxygen atoms in total. The largest absolute Gasteiger partial charge is 0.497 e. The summed E-state index contributed by atoms with van der Waals surface area (Å²) in [5, 5.41) is 6.75. The van der Waals surface area contributed by atoms with Crippen molar-refractivity contribution in [1.82, 2.24) is 15.5 Å². The second-order valence-electron chi connectivity index (χ2n) is 8.70. The number of hydrogen-bond acceptors (Lipinski definition) is 5. The highest BCUT2D eigenvalue weighted by atomic mass is 16.5. The molecule has 0 amide bonds. The summed E-state index contributed by atoms with van der Waals surface area (Å²) in [5.41, 5.74) is 6.75. The lowest BCUT2D eigenvalue weighted by Crippen LogP contribution is -2.25. The van der Waals surface area contributed by atoms with Gasteiger partial charge in [-0.05, 0) is 73.5 Å². The van der Waals surface area contributed by atoms with Crippen LogP contribution in [0.15, 0.2) is 83.4 Å². The van der Waals surface area contributed by atoms with E-state index in [0.29, 0.717) is 6.54 Å². The highest BCUT2D eigenvalue weighted by Crippen LogP contribution is 2.25. The molecule has 0 spiro atoms. The van der Waals surface area contributed by atoms with Gasteiger partial charge in [-0.2, -0.15) is 0 Å². The molecule has 2 aromatic carbocycles. The summed E-state index contributed by atoms with van der Waals surface area (Å²) in [6.45, 7) is 6.71. The Labute approximate surface area is 212 Å². The van der Waals surface area contributed by atoms with Crippen molar-refractivity contribution in [1.29, 1.82) is 0 Å². The van der Waals surface area contributed by atoms with E-state index < -0.39 is 0 Å². The molecule has 0 saturated heterocycles. The minimum absolute atomic E-state index is 0. The summed E-state index contributed by atoms with van der Waals surface area (Å²) >= 11 is 0. The fourth-order valence-electron chi connectivity index (χ4n) is 3.64. The van der Waals surface area contributed by atoms with Crippen molar-refractivity contribution < 1.29 is 7.59 Å². The first-order chi connectivity index (χ1) is 17.0. The van der Waals surface area contributed by atoms with Crippen molar-refractivity contribution in [2.24, 2.45) is 9.98 Å². The fraction of sp³-hybridized carbons (Fsp3) is 0.310. The Morgan fingerprint density at radius 3 is 2.46 bits per heavy atom. The van der Waals surface area contributed by atoms with Gasteiger partial charge in [-0.25, -0.2) is 0 Å². The van der Waals surface area contributed by atoms with E-state index in [1.807, 2.05) is 42.6 Å². The molecule has 2 aromatic rings. The van der Waals surface area contributed by atoms with Crippen LogP contribution in [-0.2, 0) is 6.54 Å². The highest BCUT2D eigenvalue weighted by Gasteiger charge is 2.09. The number of benzene rings is 2. The normalized spacial score (nSPS) is 14.0. The topological polar surface area (TPSA) is 61.2 Å². The number of likely N-dealkylation sites (N-methyl/N-ethyl adjacent to an activating group) is 1. The average Bonchev–Trinajstić information content (AvgIpc) is 2.89. The van der Waals surface area contributed by atoms with Gasteiger partial charge in [-0.1, -0.05) is 43.0 Å². The lowest BCUT2D eigenvalue weighted by atomic mass is 9.97. The van der Waals surface area contributed by atoms with Crippen LogP contribution in [0, 0.1) is 0 Å². The van der Waals surface area contributed by atoms with Crippen molar-refractivity contribution >= 4 is 22.8 Å². The Hall–Kier alpha value is -3.64. The number of nitrogens with zero attached hydrogens (tertiary/aromatic N) is 3. The van der Waals surface area contributed by atoms with Crippen molar-refractivity contribution in [3.63, 3.8) is 0 Å². The summed E-state index contributed by atoms with van der Waals surface area (Å²) in [6.07, 6.45) is 7.88. The Bertz CT molecular complexity index is 1100. The first-order valence-corrected chi connectivity index (χ1v) is 11.9. The van der Waals surface area contributed by atoms with E-state index in [4.69, 9.17) is 4.74 Å². The minimum atomic E-state index is 0. The van der Waals surface area contributed by atoms with Gasteiger partial charge in [-0.3, -0.25) is 9.98 Å². The molecular weight excluding hydrogens is 434 g/mol.